The highest BCUT2D eigenvalue weighted by Crippen LogP contribution is 2.41. The van der Waals surface area contributed by atoms with Crippen molar-refractivity contribution < 1.29 is 0 Å². The van der Waals surface area contributed by atoms with Crippen molar-refractivity contribution in [2.24, 2.45) is 11.8 Å². The molecule has 3 atom stereocenters. The van der Waals surface area contributed by atoms with Gasteiger partial charge in [-0.2, -0.15) is 0 Å². The molecule has 0 heterocycles. The molecule has 3 rings (SSSR count). The van der Waals surface area contributed by atoms with Crippen molar-refractivity contribution in [2.45, 2.75) is 51.0 Å². The zero-order chi connectivity index (χ0) is 13.2. The Bertz CT molecular complexity index is 448. The molecule has 2 saturated carbocycles. The van der Waals surface area contributed by atoms with E-state index in [4.69, 9.17) is 11.6 Å². The second-order valence-electron chi connectivity index (χ2n) is 6.08. The molecule has 1 aromatic rings. The fourth-order valence-corrected chi connectivity index (χ4v) is 4.86. The molecule has 1 N–H and O–H groups in total. The average molecular weight is 390 g/mol. The van der Waals surface area contributed by atoms with Crippen molar-refractivity contribution in [1.82, 2.24) is 0 Å². The summed E-state index contributed by atoms with van der Waals surface area (Å²) in [7, 11) is 0. The van der Waals surface area contributed by atoms with Crippen LogP contribution in [0.5, 0.6) is 0 Å². The first-order chi connectivity index (χ1) is 9.22. The zero-order valence-corrected chi connectivity index (χ0v) is 14.1. The molecule has 104 valence electrons. The molecule has 2 aliphatic rings. The fraction of sp³-hybridized carbons (Fsp3) is 0.625. The summed E-state index contributed by atoms with van der Waals surface area (Å²) in [5, 5.41) is 4.57. The van der Waals surface area contributed by atoms with Gasteiger partial charge in [0.25, 0.3) is 0 Å². The molecule has 0 amide bonds. The lowest BCUT2D eigenvalue weighted by Crippen LogP contribution is -2.34. The maximum Gasteiger partial charge on any atom is 0.0479 e. The summed E-state index contributed by atoms with van der Waals surface area (Å²) in [6.07, 6.45) is 9.98. The molecule has 2 aliphatic carbocycles. The summed E-state index contributed by atoms with van der Waals surface area (Å²) >= 11 is 8.39. The van der Waals surface area contributed by atoms with E-state index in [9.17, 15) is 0 Å². The van der Waals surface area contributed by atoms with E-state index in [2.05, 4.69) is 34.0 Å². The molecule has 1 aromatic carbocycles. The van der Waals surface area contributed by atoms with Gasteiger partial charge < -0.3 is 5.32 Å². The first-order valence-corrected chi connectivity index (χ1v) is 8.89. The van der Waals surface area contributed by atoms with Crippen molar-refractivity contribution in [2.75, 3.05) is 5.32 Å². The number of benzene rings is 1. The van der Waals surface area contributed by atoms with E-state index in [0.717, 1.165) is 16.9 Å². The quantitative estimate of drug-likeness (QED) is 0.638. The molecular formula is C16H21ClIN. The minimum atomic E-state index is 0.661. The number of hydrogen-bond acceptors (Lipinski definition) is 1. The third-order valence-corrected chi connectivity index (χ3v) is 5.96. The number of halogens is 2. The van der Waals surface area contributed by atoms with Crippen LogP contribution in [-0.4, -0.2) is 6.04 Å². The van der Waals surface area contributed by atoms with Crippen molar-refractivity contribution in [1.29, 1.82) is 0 Å². The van der Waals surface area contributed by atoms with E-state index in [1.165, 1.54) is 54.2 Å². The highest BCUT2D eigenvalue weighted by molar-refractivity contribution is 14.1. The molecular weight excluding hydrogens is 369 g/mol. The normalized spacial score (nSPS) is 30.7. The van der Waals surface area contributed by atoms with E-state index in [-0.39, 0.29) is 0 Å². The number of rotatable bonds is 2. The molecule has 0 radical (unpaired) electrons. The van der Waals surface area contributed by atoms with Crippen LogP contribution in [0.25, 0.3) is 0 Å². The Balaban J connectivity index is 1.64. The van der Waals surface area contributed by atoms with Crippen molar-refractivity contribution in [3.8, 4) is 0 Å². The van der Waals surface area contributed by atoms with E-state index in [1.807, 2.05) is 12.1 Å². The van der Waals surface area contributed by atoms with Gasteiger partial charge in [0, 0.05) is 20.3 Å². The van der Waals surface area contributed by atoms with Gasteiger partial charge in [-0.25, -0.2) is 0 Å². The summed E-state index contributed by atoms with van der Waals surface area (Å²) < 4.78 is 1.23. The van der Waals surface area contributed by atoms with Gasteiger partial charge in [0.2, 0.25) is 0 Å². The smallest absolute Gasteiger partial charge is 0.0479 e. The monoisotopic (exact) mass is 389 g/mol. The molecule has 0 aliphatic heterocycles. The summed E-state index contributed by atoms with van der Waals surface area (Å²) in [5.41, 5.74) is 1.25. The second-order valence-corrected chi connectivity index (χ2v) is 7.68. The van der Waals surface area contributed by atoms with Gasteiger partial charge in [0.1, 0.15) is 0 Å². The van der Waals surface area contributed by atoms with Gasteiger partial charge in [-0.15, -0.1) is 0 Å². The van der Waals surface area contributed by atoms with Crippen LogP contribution in [0.1, 0.15) is 44.9 Å². The first kappa shape index (κ1) is 14.0. The molecule has 19 heavy (non-hydrogen) atoms. The molecule has 2 fully saturated rings. The van der Waals surface area contributed by atoms with Gasteiger partial charge in [0.15, 0.2) is 0 Å². The summed E-state index contributed by atoms with van der Waals surface area (Å²) in [4.78, 5) is 0. The summed E-state index contributed by atoms with van der Waals surface area (Å²) in [6.45, 7) is 0. The fourth-order valence-electron chi connectivity index (χ4n) is 3.83. The molecule has 1 nitrogen and oxygen atoms in total. The Hall–Kier alpha value is 0.0400. The van der Waals surface area contributed by atoms with E-state index in [1.54, 1.807) is 0 Å². The van der Waals surface area contributed by atoms with Crippen molar-refractivity contribution in [3.05, 3.63) is 26.8 Å². The minimum absolute atomic E-state index is 0.661. The van der Waals surface area contributed by atoms with Crippen LogP contribution in [0.2, 0.25) is 5.02 Å². The Morgan fingerprint density at radius 2 is 1.84 bits per heavy atom. The van der Waals surface area contributed by atoms with Crippen LogP contribution in [0.15, 0.2) is 18.2 Å². The lowest BCUT2D eigenvalue weighted by atomic mass is 9.69. The zero-order valence-electron chi connectivity index (χ0n) is 11.2. The number of hydrogen-bond donors (Lipinski definition) is 1. The number of anilines is 1. The highest BCUT2D eigenvalue weighted by atomic mass is 127. The third-order valence-electron chi connectivity index (χ3n) is 4.83. The maximum absolute atomic E-state index is 6.02. The van der Waals surface area contributed by atoms with E-state index >= 15 is 0 Å². The number of fused-ring (bicyclic) bond motifs is 1. The second kappa shape index (κ2) is 6.21. The largest absolute Gasteiger partial charge is 0.381 e. The molecule has 0 saturated heterocycles. The topological polar surface area (TPSA) is 12.0 Å². The summed E-state index contributed by atoms with van der Waals surface area (Å²) in [5.74, 6) is 2.00. The van der Waals surface area contributed by atoms with E-state index < -0.39 is 0 Å². The highest BCUT2D eigenvalue weighted by Gasteiger charge is 2.32. The van der Waals surface area contributed by atoms with Crippen LogP contribution < -0.4 is 5.32 Å². The van der Waals surface area contributed by atoms with Gasteiger partial charge >= 0.3 is 0 Å². The first-order valence-electron chi connectivity index (χ1n) is 7.44. The van der Waals surface area contributed by atoms with Crippen molar-refractivity contribution >= 4 is 39.9 Å². The van der Waals surface area contributed by atoms with Gasteiger partial charge in [-0.3, -0.25) is 0 Å². The molecule has 3 heteroatoms. The molecule has 0 bridgehead atoms. The molecule has 0 aromatic heterocycles. The average Bonchev–Trinajstić information content (AvgIpc) is 2.42. The number of nitrogens with one attached hydrogen (secondary N) is 1. The molecule has 0 spiro atoms. The van der Waals surface area contributed by atoms with E-state index in [0.29, 0.717) is 6.04 Å². The van der Waals surface area contributed by atoms with Crippen LogP contribution in [0.4, 0.5) is 5.69 Å². The van der Waals surface area contributed by atoms with Crippen LogP contribution >= 0.6 is 34.2 Å². The lowest BCUT2D eigenvalue weighted by molar-refractivity contribution is 0.162. The van der Waals surface area contributed by atoms with Crippen LogP contribution in [-0.2, 0) is 0 Å². The molecule has 3 unspecified atom stereocenters. The van der Waals surface area contributed by atoms with Gasteiger partial charge in [0.05, 0.1) is 0 Å². The van der Waals surface area contributed by atoms with Crippen molar-refractivity contribution in [3.63, 3.8) is 0 Å². The lowest BCUT2D eigenvalue weighted by Gasteiger charge is -2.40. The van der Waals surface area contributed by atoms with Crippen LogP contribution in [0.3, 0.4) is 0 Å². The van der Waals surface area contributed by atoms with Gasteiger partial charge in [-0.05, 0) is 71.9 Å². The maximum atomic E-state index is 6.02. The Morgan fingerprint density at radius 3 is 2.63 bits per heavy atom. The predicted octanol–water partition coefficient (Wildman–Crippen LogP) is 5.72. The Kier molecular flexibility index (Phi) is 4.58. The minimum Gasteiger partial charge on any atom is -0.381 e. The Labute approximate surface area is 134 Å². The Morgan fingerprint density at radius 1 is 1.05 bits per heavy atom. The third kappa shape index (κ3) is 3.38. The standard InChI is InChI=1S/C16H21ClIN/c17-13-6-8-16(15(18)10-13)19-14-7-5-11-3-1-2-4-12(11)9-14/h6,8,10-12,14,19H,1-5,7,9H2. The predicted molar refractivity (Wildman–Crippen MR) is 90.9 cm³/mol. The SMILES string of the molecule is Clc1ccc(NC2CCC3CCCCC3C2)c(I)c1. The van der Waals surface area contributed by atoms with Crippen LogP contribution in [0, 0.1) is 15.4 Å². The van der Waals surface area contributed by atoms with Gasteiger partial charge in [-0.1, -0.05) is 37.3 Å². The summed E-state index contributed by atoms with van der Waals surface area (Å²) in [6, 6.07) is 6.81.